The van der Waals surface area contributed by atoms with E-state index in [1.807, 2.05) is 13.1 Å². The summed E-state index contributed by atoms with van der Waals surface area (Å²) in [6.45, 7) is 1.96. The molecule has 2 aromatic carbocycles. The van der Waals surface area contributed by atoms with Gasteiger partial charge in [-0.2, -0.15) is 0 Å². The van der Waals surface area contributed by atoms with Gasteiger partial charge in [0, 0.05) is 30.5 Å². The number of likely N-dealkylation sites (tertiary alicyclic amines) is 1. The summed E-state index contributed by atoms with van der Waals surface area (Å²) in [5.74, 6) is -0.744. The summed E-state index contributed by atoms with van der Waals surface area (Å²) in [7, 11) is 2.01. The van der Waals surface area contributed by atoms with Crippen LogP contribution in [0.2, 0.25) is 0 Å². The number of aliphatic hydroxyl groups is 1. The maximum atomic E-state index is 13.3. The Bertz CT molecular complexity index is 1260. The Kier molecular flexibility index (Phi) is 4.78. The van der Waals surface area contributed by atoms with Gasteiger partial charge in [0.25, 0.3) is 0 Å². The molecule has 2 aliphatic heterocycles. The second-order valence-electron chi connectivity index (χ2n) is 9.92. The third-order valence-electron chi connectivity index (χ3n) is 8.17. The van der Waals surface area contributed by atoms with Crippen LogP contribution in [0.4, 0.5) is 0 Å². The Morgan fingerprint density at radius 3 is 2.71 bits per heavy atom. The summed E-state index contributed by atoms with van der Waals surface area (Å²) in [4.78, 5) is 27.3. The van der Waals surface area contributed by atoms with Gasteiger partial charge in [0.05, 0.1) is 11.0 Å². The molecule has 2 aromatic rings. The van der Waals surface area contributed by atoms with Crippen LogP contribution < -0.4 is 4.74 Å². The van der Waals surface area contributed by atoms with Crippen LogP contribution in [0.3, 0.4) is 0 Å². The van der Waals surface area contributed by atoms with E-state index >= 15 is 0 Å². The van der Waals surface area contributed by atoms with E-state index < -0.39 is 35.2 Å². The van der Waals surface area contributed by atoms with E-state index in [4.69, 9.17) is 14.2 Å². The Balaban J connectivity index is 1.41. The SMILES string of the molecule is CC(=O)O[C@H](C(=O)OC1=CC[C@@]2(O)[C@H]3Cc4ccc(O)c5c4C2(CCN3C)C1O5)c1ccccc1. The molecule has 1 spiro atoms. The zero-order chi connectivity index (χ0) is 24.5. The number of nitrogens with zero attached hydrogens (tertiary/aromatic N) is 1. The zero-order valence-corrected chi connectivity index (χ0v) is 19.6. The van der Waals surface area contributed by atoms with Gasteiger partial charge in [-0.1, -0.05) is 36.4 Å². The summed E-state index contributed by atoms with van der Waals surface area (Å²) in [5, 5.41) is 22.8. The lowest BCUT2D eigenvalue weighted by Crippen LogP contribution is -2.74. The standard InChI is InChI=1S/C27H27NO7/c1-15(29)33-22(16-6-4-3-5-7-16)25(31)34-19-10-11-27(32)20-14-17-8-9-18(30)23-21(17)26(27,24(19)35-23)12-13-28(20)2/h3-10,20,22,24,30,32H,11-14H2,1-2H3/t20-,22+,24?,26?,27-/m1/s1. The second-order valence-corrected chi connectivity index (χ2v) is 9.92. The average molecular weight is 478 g/mol. The molecule has 2 unspecified atom stereocenters. The summed E-state index contributed by atoms with van der Waals surface area (Å²) in [6.07, 6.45) is 1.15. The van der Waals surface area contributed by atoms with E-state index in [2.05, 4.69) is 4.90 Å². The molecule has 1 saturated heterocycles. The number of phenols is 1. The number of rotatable bonds is 4. The number of piperidine rings is 1. The first-order chi connectivity index (χ1) is 16.8. The van der Waals surface area contributed by atoms with E-state index in [0.29, 0.717) is 24.2 Å². The van der Waals surface area contributed by atoms with Crippen molar-refractivity contribution < 1.29 is 34.0 Å². The predicted octanol–water partition coefficient (Wildman–Crippen LogP) is 2.52. The number of hydrogen-bond donors (Lipinski definition) is 2. The van der Waals surface area contributed by atoms with Gasteiger partial charge >= 0.3 is 11.9 Å². The van der Waals surface area contributed by atoms with Gasteiger partial charge in [-0.05, 0) is 44.1 Å². The molecular formula is C27H27NO7. The molecule has 0 amide bonds. The molecule has 35 heavy (non-hydrogen) atoms. The lowest BCUT2D eigenvalue weighted by Gasteiger charge is -2.61. The molecule has 4 aliphatic rings. The highest BCUT2D eigenvalue weighted by Crippen LogP contribution is 2.65. The summed E-state index contributed by atoms with van der Waals surface area (Å²) >= 11 is 0. The molecule has 2 N–H and O–H groups in total. The monoisotopic (exact) mass is 477 g/mol. The van der Waals surface area contributed by atoms with Gasteiger partial charge < -0.3 is 29.3 Å². The third-order valence-corrected chi connectivity index (χ3v) is 8.17. The van der Waals surface area contributed by atoms with Crippen molar-refractivity contribution in [2.24, 2.45) is 0 Å². The number of likely N-dealkylation sites (N-methyl/N-ethyl adjacent to an activating group) is 1. The topological polar surface area (TPSA) is 106 Å². The first-order valence-electron chi connectivity index (χ1n) is 11.8. The van der Waals surface area contributed by atoms with Crippen molar-refractivity contribution in [2.75, 3.05) is 13.6 Å². The average Bonchev–Trinajstić information content (AvgIpc) is 3.20. The minimum Gasteiger partial charge on any atom is -0.504 e. The largest absolute Gasteiger partial charge is 0.504 e. The molecule has 2 aliphatic carbocycles. The van der Waals surface area contributed by atoms with E-state index in [0.717, 1.165) is 17.7 Å². The number of carbonyl (C=O) groups is 2. The summed E-state index contributed by atoms with van der Waals surface area (Å²) < 4.78 is 17.5. The quantitative estimate of drug-likeness (QED) is 0.648. The lowest BCUT2D eigenvalue weighted by atomic mass is 9.50. The molecule has 2 heterocycles. The van der Waals surface area contributed by atoms with E-state index in [-0.39, 0.29) is 24.0 Å². The Labute approximate surface area is 202 Å². The molecule has 0 aromatic heterocycles. The van der Waals surface area contributed by atoms with Crippen LogP contribution in [0.25, 0.3) is 0 Å². The fourth-order valence-electron chi connectivity index (χ4n) is 6.65. The van der Waals surface area contributed by atoms with Crippen LogP contribution in [-0.2, 0) is 30.9 Å². The van der Waals surface area contributed by atoms with Crippen LogP contribution >= 0.6 is 0 Å². The molecule has 8 heteroatoms. The summed E-state index contributed by atoms with van der Waals surface area (Å²) in [5.41, 5.74) is 0.319. The number of carbonyl (C=O) groups excluding carboxylic acids is 2. The van der Waals surface area contributed by atoms with Crippen molar-refractivity contribution in [3.05, 3.63) is 71.0 Å². The Morgan fingerprint density at radius 1 is 1.20 bits per heavy atom. The van der Waals surface area contributed by atoms with Gasteiger partial charge in [-0.3, -0.25) is 4.79 Å². The number of benzene rings is 2. The number of aromatic hydroxyl groups is 1. The molecule has 0 radical (unpaired) electrons. The molecule has 0 saturated carbocycles. The van der Waals surface area contributed by atoms with Gasteiger partial charge in [0.2, 0.25) is 6.10 Å². The number of esters is 2. The summed E-state index contributed by atoms with van der Waals surface area (Å²) in [6, 6.07) is 12.0. The predicted molar refractivity (Wildman–Crippen MR) is 124 cm³/mol. The maximum Gasteiger partial charge on any atom is 0.357 e. The first kappa shape index (κ1) is 22.1. The number of hydrogen-bond acceptors (Lipinski definition) is 8. The zero-order valence-electron chi connectivity index (χ0n) is 19.6. The van der Waals surface area contributed by atoms with Crippen LogP contribution in [0.15, 0.2) is 54.3 Å². The molecule has 5 atom stereocenters. The van der Waals surface area contributed by atoms with Crippen LogP contribution in [-0.4, -0.2) is 58.4 Å². The van der Waals surface area contributed by atoms with Crippen molar-refractivity contribution in [3.63, 3.8) is 0 Å². The van der Waals surface area contributed by atoms with Gasteiger partial charge in [-0.15, -0.1) is 0 Å². The lowest BCUT2D eigenvalue weighted by molar-refractivity contribution is -0.176. The molecule has 182 valence electrons. The van der Waals surface area contributed by atoms with Crippen molar-refractivity contribution in [1.82, 2.24) is 4.90 Å². The molecule has 8 nitrogen and oxygen atoms in total. The number of phenolic OH excluding ortho intramolecular Hbond substituents is 1. The van der Waals surface area contributed by atoms with Crippen molar-refractivity contribution in [1.29, 1.82) is 0 Å². The van der Waals surface area contributed by atoms with E-state index in [1.54, 1.807) is 42.5 Å². The smallest absolute Gasteiger partial charge is 0.357 e. The normalized spacial score (nSPS) is 31.0. The molecular weight excluding hydrogens is 450 g/mol. The van der Waals surface area contributed by atoms with Crippen LogP contribution in [0.1, 0.15) is 42.6 Å². The Morgan fingerprint density at radius 2 is 1.97 bits per heavy atom. The number of ether oxygens (including phenoxy) is 3. The van der Waals surface area contributed by atoms with Crippen molar-refractivity contribution >= 4 is 11.9 Å². The minimum absolute atomic E-state index is 0.00000434. The first-order valence-corrected chi connectivity index (χ1v) is 11.8. The maximum absolute atomic E-state index is 13.3. The second kappa shape index (κ2) is 7.57. The third kappa shape index (κ3) is 2.93. The van der Waals surface area contributed by atoms with Gasteiger partial charge in [-0.25, -0.2) is 4.79 Å². The molecule has 2 bridgehead atoms. The minimum atomic E-state index is -1.24. The molecule has 6 rings (SSSR count). The van der Waals surface area contributed by atoms with Gasteiger partial charge in [0.15, 0.2) is 17.6 Å². The highest BCUT2D eigenvalue weighted by molar-refractivity contribution is 5.81. The van der Waals surface area contributed by atoms with Crippen LogP contribution in [0, 0.1) is 0 Å². The molecule has 1 fully saturated rings. The fourth-order valence-corrected chi connectivity index (χ4v) is 6.65. The van der Waals surface area contributed by atoms with E-state index in [1.165, 1.54) is 6.92 Å². The highest BCUT2D eigenvalue weighted by atomic mass is 16.6. The van der Waals surface area contributed by atoms with Crippen molar-refractivity contribution in [3.8, 4) is 11.5 Å². The fraction of sp³-hybridized carbons (Fsp3) is 0.407. The highest BCUT2D eigenvalue weighted by Gasteiger charge is 2.72. The Hall–Kier alpha value is -3.36. The van der Waals surface area contributed by atoms with Gasteiger partial charge in [0.1, 0.15) is 5.76 Å². The van der Waals surface area contributed by atoms with Crippen molar-refractivity contribution in [2.45, 2.75) is 55.5 Å². The van der Waals surface area contributed by atoms with Crippen LogP contribution in [0.5, 0.6) is 11.5 Å². The van der Waals surface area contributed by atoms with E-state index in [9.17, 15) is 19.8 Å².